The summed E-state index contributed by atoms with van der Waals surface area (Å²) in [7, 11) is 0. The lowest BCUT2D eigenvalue weighted by Crippen LogP contribution is -2.27. The normalized spacial score (nSPS) is 15.9. The van der Waals surface area contributed by atoms with E-state index in [1.807, 2.05) is 49.4 Å². The molecule has 2 amide bonds. The summed E-state index contributed by atoms with van der Waals surface area (Å²) in [5.41, 5.74) is 3.54. The van der Waals surface area contributed by atoms with Gasteiger partial charge in [0, 0.05) is 16.7 Å². The highest BCUT2D eigenvalue weighted by molar-refractivity contribution is 8.18. The number of hydrogen-bond donors (Lipinski definition) is 0. The first kappa shape index (κ1) is 22.4. The lowest BCUT2D eigenvalue weighted by molar-refractivity contribution is -0.123. The quantitative estimate of drug-likeness (QED) is 0.381. The van der Waals surface area contributed by atoms with Gasteiger partial charge in [0.15, 0.2) is 11.5 Å². The van der Waals surface area contributed by atoms with Gasteiger partial charge in [0.05, 0.1) is 11.4 Å². The molecule has 2 aliphatic rings. The molecule has 3 aromatic rings. The average Bonchev–Trinajstić information content (AvgIpc) is 3.37. The standard InChI is InChI=1S/C26H20ClNO5S/c1-16-5-4-6-17(9-16)14-31-21-8-3-2-7-18(21)11-24-25(29)28(26(30)34-24)13-19-10-22-23(12-20(19)27)33-15-32-22/h2-12H,13-15H2,1H3/b24-11-. The molecule has 172 valence electrons. The Kier molecular flexibility index (Phi) is 6.22. The highest BCUT2D eigenvalue weighted by Crippen LogP contribution is 2.39. The van der Waals surface area contributed by atoms with E-state index in [2.05, 4.69) is 6.07 Å². The molecule has 1 saturated heterocycles. The van der Waals surface area contributed by atoms with E-state index in [0.29, 0.717) is 39.3 Å². The van der Waals surface area contributed by atoms with E-state index < -0.39 is 0 Å². The molecule has 6 nitrogen and oxygen atoms in total. The van der Waals surface area contributed by atoms with Crippen LogP contribution in [-0.4, -0.2) is 22.8 Å². The molecule has 0 atom stereocenters. The van der Waals surface area contributed by atoms with Crippen LogP contribution in [0.4, 0.5) is 4.79 Å². The van der Waals surface area contributed by atoms with E-state index >= 15 is 0 Å². The Bertz CT molecular complexity index is 1320. The number of hydrogen-bond acceptors (Lipinski definition) is 6. The molecule has 3 aromatic carbocycles. The van der Waals surface area contributed by atoms with E-state index in [9.17, 15) is 9.59 Å². The summed E-state index contributed by atoms with van der Waals surface area (Å²) in [5, 5.41) is 0.0466. The van der Waals surface area contributed by atoms with Crippen molar-refractivity contribution in [3.05, 3.63) is 92.8 Å². The maximum absolute atomic E-state index is 13.1. The van der Waals surface area contributed by atoms with E-state index in [1.54, 1.807) is 18.2 Å². The zero-order chi connectivity index (χ0) is 23.7. The fourth-order valence-electron chi connectivity index (χ4n) is 3.72. The molecule has 2 heterocycles. The molecule has 5 rings (SSSR count). The van der Waals surface area contributed by atoms with E-state index in [0.717, 1.165) is 28.5 Å². The predicted molar refractivity (Wildman–Crippen MR) is 131 cm³/mol. The summed E-state index contributed by atoms with van der Waals surface area (Å²) in [5.74, 6) is 1.35. The molecule has 8 heteroatoms. The first-order valence-electron chi connectivity index (χ1n) is 10.6. The number of carbonyl (C=O) groups is 2. The lowest BCUT2D eigenvalue weighted by atomic mass is 10.1. The van der Waals surface area contributed by atoms with Crippen LogP contribution < -0.4 is 14.2 Å². The van der Waals surface area contributed by atoms with Crippen molar-refractivity contribution in [2.24, 2.45) is 0 Å². The van der Waals surface area contributed by atoms with Crippen molar-refractivity contribution in [1.82, 2.24) is 4.90 Å². The van der Waals surface area contributed by atoms with Gasteiger partial charge < -0.3 is 14.2 Å². The number of ether oxygens (including phenoxy) is 3. The summed E-state index contributed by atoms with van der Waals surface area (Å²) >= 11 is 7.24. The van der Waals surface area contributed by atoms with Gasteiger partial charge in [-0.25, -0.2) is 0 Å². The number of amides is 2. The Balaban J connectivity index is 1.34. The molecule has 0 radical (unpaired) electrons. The van der Waals surface area contributed by atoms with Crippen LogP contribution in [0.25, 0.3) is 6.08 Å². The maximum Gasteiger partial charge on any atom is 0.293 e. The van der Waals surface area contributed by atoms with Gasteiger partial charge in [-0.2, -0.15) is 0 Å². The summed E-state index contributed by atoms with van der Waals surface area (Å²) in [6, 6.07) is 18.9. The second-order valence-corrected chi connectivity index (χ2v) is 9.28. The Hall–Kier alpha value is -3.42. The minimum Gasteiger partial charge on any atom is -0.488 e. The highest BCUT2D eigenvalue weighted by atomic mass is 35.5. The maximum atomic E-state index is 13.1. The fraction of sp³-hybridized carbons (Fsp3) is 0.154. The van der Waals surface area contributed by atoms with Crippen LogP contribution in [0.1, 0.15) is 22.3 Å². The van der Waals surface area contributed by atoms with Crippen LogP contribution in [0.15, 0.2) is 65.6 Å². The highest BCUT2D eigenvalue weighted by Gasteiger charge is 2.36. The van der Waals surface area contributed by atoms with Gasteiger partial charge in [0.1, 0.15) is 12.4 Å². The summed E-state index contributed by atoms with van der Waals surface area (Å²) in [6.07, 6.45) is 1.69. The smallest absolute Gasteiger partial charge is 0.293 e. The molecule has 0 bridgehead atoms. The number of benzene rings is 3. The number of aryl methyl sites for hydroxylation is 1. The van der Waals surface area contributed by atoms with Crippen LogP contribution in [-0.2, 0) is 17.9 Å². The van der Waals surface area contributed by atoms with Crippen molar-refractivity contribution >= 4 is 40.6 Å². The number of thioether (sulfide) groups is 1. The van der Waals surface area contributed by atoms with E-state index in [4.69, 9.17) is 25.8 Å². The van der Waals surface area contributed by atoms with Crippen LogP contribution >= 0.6 is 23.4 Å². The van der Waals surface area contributed by atoms with E-state index in [1.165, 1.54) is 4.90 Å². The molecule has 0 N–H and O–H groups in total. The topological polar surface area (TPSA) is 65.1 Å². The van der Waals surface area contributed by atoms with Gasteiger partial charge in [0.25, 0.3) is 11.1 Å². The molecular formula is C26H20ClNO5S. The van der Waals surface area contributed by atoms with Crippen LogP contribution in [0.5, 0.6) is 17.2 Å². The average molecular weight is 494 g/mol. The van der Waals surface area contributed by atoms with E-state index in [-0.39, 0.29) is 24.5 Å². The molecular weight excluding hydrogens is 474 g/mol. The molecule has 0 aromatic heterocycles. The van der Waals surface area contributed by atoms with Crippen molar-refractivity contribution in [2.75, 3.05) is 6.79 Å². The Labute approximate surface area is 206 Å². The first-order valence-corrected chi connectivity index (χ1v) is 11.8. The van der Waals surface area contributed by atoms with Gasteiger partial charge in [-0.15, -0.1) is 0 Å². The molecule has 34 heavy (non-hydrogen) atoms. The monoisotopic (exact) mass is 493 g/mol. The number of halogens is 1. The Morgan fingerprint density at radius 2 is 1.85 bits per heavy atom. The Morgan fingerprint density at radius 3 is 2.68 bits per heavy atom. The van der Waals surface area contributed by atoms with Crippen molar-refractivity contribution in [1.29, 1.82) is 0 Å². The zero-order valence-corrected chi connectivity index (χ0v) is 19.8. The lowest BCUT2D eigenvalue weighted by Gasteiger charge is -2.14. The van der Waals surface area contributed by atoms with Gasteiger partial charge >= 0.3 is 0 Å². The predicted octanol–water partition coefficient (Wildman–Crippen LogP) is 6.19. The van der Waals surface area contributed by atoms with Gasteiger partial charge in [-0.3, -0.25) is 14.5 Å². The summed E-state index contributed by atoms with van der Waals surface area (Å²) in [4.78, 5) is 27.2. The fourth-order valence-corrected chi connectivity index (χ4v) is 4.77. The second kappa shape index (κ2) is 9.44. The van der Waals surface area contributed by atoms with Crippen LogP contribution in [0.3, 0.4) is 0 Å². The molecule has 2 aliphatic heterocycles. The van der Waals surface area contributed by atoms with Gasteiger partial charge in [0.2, 0.25) is 6.79 Å². The number of nitrogens with zero attached hydrogens (tertiary/aromatic N) is 1. The molecule has 1 fully saturated rings. The van der Waals surface area contributed by atoms with Crippen molar-refractivity contribution in [3.63, 3.8) is 0 Å². The minimum absolute atomic E-state index is 0.0446. The third kappa shape index (κ3) is 4.62. The number of fused-ring (bicyclic) bond motifs is 1. The number of carbonyl (C=O) groups excluding carboxylic acids is 2. The minimum atomic E-state index is -0.378. The second-order valence-electron chi connectivity index (χ2n) is 7.88. The van der Waals surface area contributed by atoms with Crippen LogP contribution in [0.2, 0.25) is 5.02 Å². The zero-order valence-electron chi connectivity index (χ0n) is 18.2. The van der Waals surface area contributed by atoms with Gasteiger partial charge in [-0.1, -0.05) is 59.6 Å². The summed E-state index contributed by atoms with van der Waals surface area (Å²) < 4.78 is 16.7. The number of para-hydroxylation sites is 1. The van der Waals surface area contributed by atoms with Crippen molar-refractivity contribution in [2.45, 2.75) is 20.1 Å². The van der Waals surface area contributed by atoms with Crippen molar-refractivity contribution < 1.29 is 23.8 Å². The molecule has 0 unspecified atom stereocenters. The third-order valence-electron chi connectivity index (χ3n) is 5.43. The number of imide groups is 1. The Morgan fingerprint density at radius 1 is 1.06 bits per heavy atom. The molecule has 0 spiro atoms. The third-order valence-corrected chi connectivity index (χ3v) is 6.69. The molecule has 0 saturated carbocycles. The largest absolute Gasteiger partial charge is 0.488 e. The molecule has 0 aliphatic carbocycles. The SMILES string of the molecule is Cc1cccc(COc2ccccc2/C=C2\SC(=O)N(Cc3cc4c(cc3Cl)OCO4)C2=O)c1. The van der Waals surface area contributed by atoms with Crippen LogP contribution in [0, 0.1) is 6.92 Å². The summed E-state index contributed by atoms with van der Waals surface area (Å²) in [6.45, 7) is 2.59. The van der Waals surface area contributed by atoms with Gasteiger partial charge in [-0.05, 0) is 48.0 Å². The van der Waals surface area contributed by atoms with Crippen molar-refractivity contribution in [3.8, 4) is 17.2 Å². The number of rotatable bonds is 6. The first-order chi connectivity index (χ1) is 16.5.